The molecule has 0 saturated heterocycles. The number of nitrogens with one attached hydrogen (secondary N) is 1. The molecule has 0 aliphatic rings. The van der Waals surface area contributed by atoms with Gasteiger partial charge in [0, 0.05) is 18.4 Å². The van der Waals surface area contributed by atoms with Crippen LogP contribution in [-0.2, 0) is 4.79 Å². The Morgan fingerprint density at radius 3 is 2.70 bits per heavy atom. The third kappa shape index (κ3) is 5.67. The van der Waals surface area contributed by atoms with E-state index in [1.807, 2.05) is 0 Å². The lowest BCUT2D eigenvalue weighted by Gasteiger charge is -2.19. The van der Waals surface area contributed by atoms with Crippen LogP contribution in [0.4, 0.5) is 23.2 Å². The first-order valence-electron chi connectivity index (χ1n) is 7.52. The molecule has 0 aromatic carbocycles. The standard InChI is InChI=1S/C15H14ClF4N5OS/c1-2-24(14(26)11(21)7-27-8-15(18,19)20)12-6-25(23-13(12)16)10-3-9(17)4-22-5-10/h3-6,21H,2,7-8H2,1H3. The summed E-state index contributed by atoms with van der Waals surface area (Å²) in [6.45, 7) is 1.73. The van der Waals surface area contributed by atoms with Gasteiger partial charge in [-0.25, -0.2) is 9.07 Å². The topological polar surface area (TPSA) is 74.9 Å². The molecular weight excluding hydrogens is 410 g/mol. The van der Waals surface area contributed by atoms with Crippen LogP contribution in [0.5, 0.6) is 0 Å². The Morgan fingerprint density at radius 1 is 1.41 bits per heavy atom. The SMILES string of the molecule is CCN(C(=O)C(=N)CSCC(F)(F)F)c1cn(-c2cncc(F)c2)nc1Cl. The second-order valence-electron chi connectivity index (χ2n) is 5.25. The first-order valence-corrected chi connectivity index (χ1v) is 9.05. The minimum absolute atomic E-state index is 0.0785. The lowest BCUT2D eigenvalue weighted by Crippen LogP contribution is -2.37. The maximum atomic E-state index is 13.3. The summed E-state index contributed by atoms with van der Waals surface area (Å²) < 4.78 is 51.1. The lowest BCUT2D eigenvalue weighted by molar-refractivity contribution is -0.112. The summed E-state index contributed by atoms with van der Waals surface area (Å²) in [7, 11) is 0. The van der Waals surface area contributed by atoms with E-state index in [1.165, 1.54) is 17.1 Å². The zero-order valence-corrected chi connectivity index (χ0v) is 15.5. The Labute approximate surface area is 161 Å². The van der Waals surface area contributed by atoms with Crippen LogP contribution in [0.2, 0.25) is 5.15 Å². The molecular formula is C15H14ClF4N5OS. The number of thioether (sulfide) groups is 1. The van der Waals surface area contributed by atoms with Crippen molar-refractivity contribution < 1.29 is 22.4 Å². The summed E-state index contributed by atoms with van der Waals surface area (Å²) >= 11 is 6.48. The van der Waals surface area contributed by atoms with Crippen molar-refractivity contribution in [3.05, 3.63) is 35.6 Å². The quantitative estimate of drug-likeness (QED) is 0.544. The fraction of sp³-hybridized carbons (Fsp3) is 0.333. The number of halogens is 5. The molecule has 2 aromatic heterocycles. The van der Waals surface area contributed by atoms with Crippen LogP contribution in [0.1, 0.15) is 6.92 Å². The number of pyridine rings is 1. The summed E-state index contributed by atoms with van der Waals surface area (Å²) in [4.78, 5) is 17.2. The molecule has 146 valence electrons. The molecule has 1 amide bonds. The van der Waals surface area contributed by atoms with Gasteiger partial charge in [-0.1, -0.05) is 11.6 Å². The van der Waals surface area contributed by atoms with Gasteiger partial charge in [0.2, 0.25) is 0 Å². The predicted octanol–water partition coefficient (Wildman–Crippen LogP) is 3.73. The minimum atomic E-state index is -4.37. The van der Waals surface area contributed by atoms with E-state index >= 15 is 0 Å². The average molecular weight is 424 g/mol. The van der Waals surface area contributed by atoms with Gasteiger partial charge in [0.05, 0.1) is 30.0 Å². The molecule has 0 aliphatic heterocycles. The number of rotatable bonds is 7. The third-order valence-corrected chi connectivity index (χ3v) is 4.52. The minimum Gasteiger partial charge on any atom is -0.303 e. The van der Waals surface area contributed by atoms with Crippen molar-refractivity contribution in [2.24, 2.45) is 0 Å². The van der Waals surface area contributed by atoms with Crippen LogP contribution in [0.3, 0.4) is 0 Å². The monoisotopic (exact) mass is 423 g/mol. The molecule has 0 aliphatic carbocycles. The Hall–Kier alpha value is -2.14. The summed E-state index contributed by atoms with van der Waals surface area (Å²) in [6.07, 6.45) is -0.667. The van der Waals surface area contributed by atoms with Crippen molar-refractivity contribution in [3.63, 3.8) is 0 Å². The van der Waals surface area contributed by atoms with Gasteiger partial charge in [0.1, 0.15) is 17.2 Å². The second kappa shape index (κ2) is 8.70. The Morgan fingerprint density at radius 2 is 2.11 bits per heavy atom. The molecule has 2 heterocycles. The third-order valence-electron chi connectivity index (χ3n) is 3.23. The van der Waals surface area contributed by atoms with Gasteiger partial charge >= 0.3 is 6.18 Å². The van der Waals surface area contributed by atoms with E-state index in [2.05, 4.69) is 10.1 Å². The van der Waals surface area contributed by atoms with Gasteiger partial charge in [-0.15, -0.1) is 11.8 Å². The van der Waals surface area contributed by atoms with E-state index in [1.54, 1.807) is 6.92 Å². The number of nitrogens with zero attached hydrogens (tertiary/aromatic N) is 4. The lowest BCUT2D eigenvalue weighted by atomic mass is 10.3. The Bertz CT molecular complexity index is 842. The van der Waals surface area contributed by atoms with E-state index in [-0.39, 0.29) is 23.1 Å². The van der Waals surface area contributed by atoms with Crippen molar-refractivity contribution in [2.45, 2.75) is 13.1 Å². The smallest absolute Gasteiger partial charge is 0.303 e. The number of hydrogen-bond acceptors (Lipinski definition) is 5. The number of aromatic nitrogens is 3. The van der Waals surface area contributed by atoms with Gasteiger partial charge < -0.3 is 4.90 Å². The fourth-order valence-electron chi connectivity index (χ4n) is 2.10. The first kappa shape index (κ1) is 21.2. The molecule has 0 radical (unpaired) electrons. The molecule has 0 bridgehead atoms. The van der Waals surface area contributed by atoms with E-state index in [9.17, 15) is 22.4 Å². The number of alkyl halides is 3. The summed E-state index contributed by atoms with van der Waals surface area (Å²) in [5.41, 5.74) is -0.0798. The largest absolute Gasteiger partial charge is 0.397 e. The van der Waals surface area contributed by atoms with Crippen molar-refractivity contribution in [3.8, 4) is 5.69 Å². The first-order chi connectivity index (χ1) is 12.6. The normalized spacial score (nSPS) is 11.5. The highest BCUT2D eigenvalue weighted by Gasteiger charge is 2.28. The molecule has 2 aromatic rings. The highest BCUT2D eigenvalue weighted by molar-refractivity contribution is 8.00. The maximum Gasteiger partial charge on any atom is 0.397 e. The molecule has 0 fully saturated rings. The van der Waals surface area contributed by atoms with Crippen molar-refractivity contribution >= 4 is 40.7 Å². The highest BCUT2D eigenvalue weighted by atomic mass is 35.5. The van der Waals surface area contributed by atoms with Crippen LogP contribution >= 0.6 is 23.4 Å². The van der Waals surface area contributed by atoms with Gasteiger partial charge in [-0.05, 0) is 6.92 Å². The Kier molecular flexibility index (Phi) is 6.82. The molecule has 2 rings (SSSR count). The van der Waals surface area contributed by atoms with E-state index in [0.29, 0.717) is 11.8 Å². The van der Waals surface area contributed by atoms with Gasteiger partial charge in [-0.3, -0.25) is 15.2 Å². The zero-order chi connectivity index (χ0) is 20.2. The maximum absolute atomic E-state index is 13.3. The number of carbonyl (C=O) groups excluding carboxylic acids is 1. The summed E-state index contributed by atoms with van der Waals surface area (Å²) in [5.74, 6) is -2.92. The van der Waals surface area contributed by atoms with Crippen LogP contribution in [0.25, 0.3) is 5.69 Å². The predicted molar refractivity (Wildman–Crippen MR) is 95.5 cm³/mol. The van der Waals surface area contributed by atoms with Crippen LogP contribution in [0.15, 0.2) is 24.7 Å². The highest BCUT2D eigenvalue weighted by Crippen LogP contribution is 2.27. The van der Waals surface area contributed by atoms with Crippen LogP contribution < -0.4 is 4.90 Å². The molecule has 6 nitrogen and oxygen atoms in total. The van der Waals surface area contributed by atoms with E-state index in [4.69, 9.17) is 17.0 Å². The molecule has 0 atom stereocenters. The molecule has 27 heavy (non-hydrogen) atoms. The zero-order valence-electron chi connectivity index (χ0n) is 13.9. The summed E-state index contributed by atoms with van der Waals surface area (Å²) in [5, 5.41) is 11.7. The van der Waals surface area contributed by atoms with Gasteiger partial charge in [-0.2, -0.15) is 18.3 Å². The van der Waals surface area contributed by atoms with E-state index in [0.717, 1.165) is 17.2 Å². The van der Waals surface area contributed by atoms with Crippen LogP contribution in [-0.4, -0.2) is 50.6 Å². The Balaban J connectivity index is 2.17. The van der Waals surface area contributed by atoms with Crippen molar-refractivity contribution in [1.29, 1.82) is 5.41 Å². The van der Waals surface area contributed by atoms with Crippen LogP contribution in [0, 0.1) is 11.2 Å². The van der Waals surface area contributed by atoms with Crippen molar-refractivity contribution in [2.75, 3.05) is 23.0 Å². The van der Waals surface area contributed by atoms with E-state index < -0.39 is 35.1 Å². The average Bonchev–Trinajstić information content (AvgIpc) is 2.96. The second-order valence-corrected chi connectivity index (χ2v) is 6.59. The number of hydrogen-bond donors (Lipinski definition) is 1. The van der Waals surface area contributed by atoms with Gasteiger partial charge in [0.15, 0.2) is 5.15 Å². The molecule has 0 spiro atoms. The fourth-order valence-corrected chi connectivity index (χ4v) is 2.99. The molecule has 0 saturated carbocycles. The van der Waals surface area contributed by atoms with Crippen molar-refractivity contribution in [1.82, 2.24) is 14.8 Å². The molecule has 1 N–H and O–H groups in total. The summed E-state index contributed by atoms with van der Waals surface area (Å²) in [6, 6.07) is 1.16. The number of carbonyl (C=O) groups is 1. The number of amides is 1. The van der Waals surface area contributed by atoms with Gasteiger partial charge in [0.25, 0.3) is 5.91 Å². The molecule has 0 unspecified atom stereocenters. The molecule has 12 heteroatoms. The number of anilines is 1.